The highest BCUT2D eigenvalue weighted by Gasteiger charge is 2.07. The number of benzene rings is 1. The van der Waals surface area contributed by atoms with Crippen molar-refractivity contribution in [2.75, 3.05) is 0 Å². The first-order valence-electron chi connectivity index (χ1n) is 4.57. The van der Waals surface area contributed by atoms with Gasteiger partial charge in [0.2, 0.25) is 5.78 Å². The summed E-state index contributed by atoms with van der Waals surface area (Å²) >= 11 is 0. The van der Waals surface area contributed by atoms with Gasteiger partial charge in [-0.3, -0.25) is 9.20 Å². The van der Waals surface area contributed by atoms with Crippen molar-refractivity contribution in [1.82, 2.24) is 14.4 Å². The number of hydrogen-bond donors (Lipinski definition) is 0. The van der Waals surface area contributed by atoms with Crippen LogP contribution in [0.2, 0.25) is 0 Å². The van der Waals surface area contributed by atoms with Crippen LogP contribution in [0.15, 0.2) is 36.7 Å². The number of rotatable bonds is 1. The van der Waals surface area contributed by atoms with Crippen LogP contribution in [0.4, 0.5) is 0 Å². The first kappa shape index (κ1) is 8.11. The summed E-state index contributed by atoms with van der Waals surface area (Å²) in [6.07, 6.45) is 4.37. The van der Waals surface area contributed by atoms with Crippen LogP contribution in [0.25, 0.3) is 16.8 Å². The summed E-state index contributed by atoms with van der Waals surface area (Å²) in [5, 5.41) is 0. The van der Waals surface area contributed by atoms with E-state index in [1.807, 2.05) is 28.8 Å². The van der Waals surface area contributed by atoms with Crippen LogP contribution in [-0.4, -0.2) is 20.7 Å². The largest absolute Gasteiger partial charge is 0.298 e. The quantitative estimate of drug-likeness (QED) is 0.558. The van der Waals surface area contributed by atoms with Crippen molar-refractivity contribution in [3.8, 4) is 0 Å². The van der Waals surface area contributed by atoms with E-state index < -0.39 is 0 Å². The van der Waals surface area contributed by atoms with Gasteiger partial charge in [0.15, 0.2) is 6.29 Å². The predicted octanol–water partition coefficient (Wildman–Crippen LogP) is 1.70. The number of carbonyl (C=O) groups excluding carboxylic acids is 1. The van der Waals surface area contributed by atoms with Crippen LogP contribution >= 0.6 is 0 Å². The maximum absolute atomic E-state index is 10.9. The topological polar surface area (TPSA) is 47.3 Å². The number of carbonyl (C=O) groups is 1. The molecule has 0 fully saturated rings. The third kappa shape index (κ3) is 1.05. The lowest BCUT2D eigenvalue weighted by Gasteiger charge is -1.95. The lowest BCUT2D eigenvalue weighted by atomic mass is 10.2. The molecule has 3 rings (SSSR count). The molecule has 0 unspecified atom stereocenters. The summed E-state index contributed by atoms with van der Waals surface area (Å²) in [5.74, 6) is 0.613. The zero-order valence-corrected chi connectivity index (χ0v) is 7.79. The maximum atomic E-state index is 10.9. The minimum atomic E-state index is 0.613. The van der Waals surface area contributed by atoms with E-state index in [9.17, 15) is 4.79 Å². The summed E-state index contributed by atoms with van der Waals surface area (Å²) in [7, 11) is 0. The van der Waals surface area contributed by atoms with Crippen LogP contribution in [0.3, 0.4) is 0 Å². The normalized spacial score (nSPS) is 10.9. The fourth-order valence-corrected chi connectivity index (χ4v) is 1.72. The molecule has 0 saturated carbocycles. The number of para-hydroxylation sites is 1. The standard InChI is InChI=1S/C11H7N3O/c15-7-8-3-1-4-9-10(8)14-6-2-5-12-11(14)13-9/h1-7H. The molecule has 4 nitrogen and oxygen atoms in total. The second-order valence-corrected chi connectivity index (χ2v) is 3.23. The van der Waals surface area contributed by atoms with Crippen LogP contribution in [0, 0.1) is 0 Å². The molecule has 0 N–H and O–H groups in total. The molecule has 15 heavy (non-hydrogen) atoms. The molecule has 0 bridgehead atoms. The molecule has 72 valence electrons. The monoisotopic (exact) mass is 197 g/mol. The molecule has 1 aromatic carbocycles. The van der Waals surface area contributed by atoms with E-state index >= 15 is 0 Å². The number of aromatic nitrogens is 3. The number of hydrogen-bond acceptors (Lipinski definition) is 3. The minimum Gasteiger partial charge on any atom is -0.298 e. The van der Waals surface area contributed by atoms with Gasteiger partial charge in [0.25, 0.3) is 0 Å². The fraction of sp³-hybridized carbons (Fsp3) is 0. The van der Waals surface area contributed by atoms with Crippen molar-refractivity contribution in [2.24, 2.45) is 0 Å². The van der Waals surface area contributed by atoms with Gasteiger partial charge in [0, 0.05) is 18.0 Å². The summed E-state index contributed by atoms with van der Waals surface area (Å²) < 4.78 is 1.82. The van der Waals surface area contributed by atoms with E-state index in [4.69, 9.17) is 0 Å². The highest BCUT2D eigenvalue weighted by Crippen LogP contribution is 2.17. The van der Waals surface area contributed by atoms with Crippen molar-refractivity contribution in [1.29, 1.82) is 0 Å². The van der Waals surface area contributed by atoms with Crippen molar-refractivity contribution in [3.05, 3.63) is 42.2 Å². The van der Waals surface area contributed by atoms with Crippen LogP contribution in [0.1, 0.15) is 10.4 Å². The predicted molar refractivity (Wildman–Crippen MR) is 55.9 cm³/mol. The maximum Gasteiger partial charge on any atom is 0.234 e. The molecule has 0 atom stereocenters. The SMILES string of the molecule is O=Cc1cccc2nc3ncccn3c12. The Morgan fingerprint density at radius 2 is 2.20 bits per heavy atom. The van der Waals surface area contributed by atoms with Gasteiger partial charge in [-0.05, 0) is 18.2 Å². The highest BCUT2D eigenvalue weighted by molar-refractivity contribution is 5.95. The first-order chi connectivity index (χ1) is 7.40. The third-order valence-electron chi connectivity index (χ3n) is 2.36. The highest BCUT2D eigenvalue weighted by atomic mass is 16.1. The number of fused-ring (bicyclic) bond motifs is 3. The molecule has 0 spiro atoms. The number of nitrogens with zero attached hydrogens (tertiary/aromatic N) is 3. The molecule has 0 radical (unpaired) electrons. The Hall–Kier alpha value is -2.23. The Kier molecular flexibility index (Phi) is 1.56. The van der Waals surface area contributed by atoms with Crippen molar-refractivity contribution in [3.63, 3.8) is 0 Å². The molecule has 3 aromatic rings. The van der Waals surface area contributed by atoms with Crippen LogP contribution in [0.5, 0.6) is 0 Å². The van der Waals surface area contributed by atoms with Gasteiger partial charge < -0.3 is 0 Å². The lowest BCUT2D eigenvalue weighted by molar-refractivity contribution is 0.112. The third-order valence-corrected chi connectivity index (χ3v) is 2.36. The van der Waals surface area contributed by atoms with Gasteiger partial charge in [-0.15, -0.1) is 0 Å². The zero-order chi connectivity index (χ0) is 10.3. The second-order valence-electron chi connectivity index (χ2n) is 3.23. The number of aldehydes is 1. The Bertz CT molecular complexity index is 657. The summed E-state index contributed by atoms with van der Waals surface area (Å²) in [6, 6.07) is 7.28. The van der Waals surface area contributed by atoms with E-state index in [-0.39, 0.29) is 0 Å². The molecule has 0 aliphatic heterocycles. The molecule has 0 aliphatic carbocycles. The van der Waals surface area contributed by atoms with Gasteiger partial charge >= 0.3 is 0 Å². The van der Waals surface area contributed by atoms with Gasteiger partial charge in [0.1, 0.15) is 0 Å². The smallest absolute Gasteiger partial charge is 0.234 e. The van der Waals surface area contributed by atoms with Gasteiger partial charge in [-0.2, -0.15) is 0 Å². The van der Waals surface area contributed by atoms with Crippen molar-refractivity contribution in [2.45, 2.75) is 0 Å². The molecule has 0 saturated heterocycles. The average molecular weight is 197 g/mol. The molecule has 2 heterocycles. The van der Waals surface area contributed by atoms with Crippen molar-refractivity contribution < 1.29 is 4.79 Å². The van der Waals surface area contributed by atoms with E-state index in [2.05, 4.69) is 9.97 Å². The summed E-state index contributed by atoms with van der Waals surface area (Å²) in [5.41, 5.74) is 2.24. The van der Waals surface area contributed by atoms with Gasteiger partial charge in [-0.25, -0.2) is 9.97 Å². The molecule has 0 aliphatic rings. The Morgan fingerprint density at radius 3 is 3.07 bits per heavy atom. The van der Waals surface area contributed by atoms with E-state index in [1.54, 1.807) is 12.3 Å². The van der Waals surface area contributed by atoms with E-state index in [0.29, 0.717) is 11.3 Å². The fourth-order valence-electron chi connectivity index (χ4n) is 1.72. The first-order valence-corrected chi connectivity index (χ1v) is 4.57. The second kappa shape index (κ2) is 2.88. The van der Waals surface area contributed by atoms with E-state index in [0.717, 1.165) is 17.3 Å². The molecule has 2 aromatic heterocycles. The molecule has 4 heteroatoms. The number of imidazole rings is 1. The minimum absolute atomic E-state index is 0.613. The Balaban J connectivity index is 2.62. The van der Waals surface area contributed by atoms with Gasteiger partial charge in [0.05, 0.1) is 11.0 Å². The molecule has 0 amide bonds. The average Bonchev–Trinajstić information content (AvgIpc) is 2.67. The Labute approximate surface area is 85.2 Å². The van der Waals surface area contributed by atoms with Crippen molar-refractivity contribution >= 4 is 23.1 Å². The lowest BCUT2D eigenvalue weighted by Crippen LogP contribution is -1.89. The zero-order valence-electron chi connectivity index (χ0n) is 7.79. The summed E-state index contributed by atoms with van der Waals surface area (Å²) in [6.45, 7) is 0. The summed E-state index contributed by atoms with van der Waals surface area (Å²) in [4.78, 5) is 19.3. The van der Waals surface area contributed by atoms with Crippen LogP contribution < -0.4 is 0 Å². The Morgan fingerprint density at radius 1 is 1.27 bits per heavy atom. The molecular formula is C11H7N3O. The molecular weight excluding hydrogens is 190 g/mol. The van der Waals surface area contributed by atoms with Crippen LogP contribution in [-0.2, 0) is 0 Å². The van der Waals surface area contributed by atoms with E-state index in [1.165, 1.54) is 0 Å². The van der Waals surface area contributed by atoms with Gasteiger partial charge in [-0.1, -0.05) is 6.07 Å².